The number of esters is 1. The Morgan fingerprint density at radius 3 is 2.55 bits per heavy atom. The lowest BCUT2D eigenvalue weighted by Crippen LogP contribution is -2.13. The van der Waals surface area contributed by atoms with E-state index >= 15 is 0 Å². The zero-order chi connectivity index (χ0) is 23.5. The maximum atomic E-state index is 14.8. The van der Waals surface area contributed by atoms with Crippen molar-refractivity contribution in [3.63, 3.8) is 0 Å². The molecule has 4 aromatic rings. The predicted molar refractivity (Wildman–Crippen MR) is 124 cm³/mol. The van der Waals surface area contributed by atoms with E-state index in [9.17, 15) is 9.18 Å². The minimum absolute atomic E-state index is 0.102. The summed E-state index contributed by atoms with van der Waals surface area (Å²) in [5.74, 6) is -0.414. The second-order valence-electron chi connectivity index (χ2n) is 8.18. The summed E-state index contributed by atoms with van der Waals surface area (Å²) in [6.07, 6.45) is 4.27. The number of fused-ring (bicyclic) bond motifs is 1. The highest BCUT2D eigenvalue weighted by Crippen LogP contribution is 2.35. The molecule has 6 nitrogen and oxygen atoms in total. The normalized spacial score (nSPS) is 11.2. The number of benzene rings is 2. The zero-order valence-corrected chi connectivity index (χ0v) is 19.1. The van der Waals surface area contributed by atoms with Crippen LogP contribution in [0.3, 0.4) is 0 Å². The van der Waals surface area contributed by atoms with Gasteiger partial charge in [-0.25, -0.2) is 18.9 Å². The van der Waals surface area contributed by atoms with E-state index in [1.165, 1.54) is 19.2 Å². The first-order valence-corrected chi connectivity index (χ1v) is 10.8. The number of methoxy groups -OCH3 is 1. The zero-order valence-electron chi connectivity index (χ0n) is 19.1. The Morgan fingerprint density at radius 1 is 1.15 bits per heavy atom. The number of aromatic nitrogens is 3. The van der Waals surface area contributed by atoms with Gasteiger partial charge in [0, 0.05) is 23.5 Å². The fourth-order valence-electron chi connectivity index (χ4n) is 3.96. The van der Waals surface area contributed by atoms with E-state index < -0.39 is 11.8 Å². The Bertz CT molecular complexity index is 1280. The summed E-state index contributed by atoms with van der Waals surface area (Å²) in [5.41, 5.74) is 5.08. The molecule has 0 N–H and O–H groups in total. The molecule has 0 bridgehead atoms. The highest BCUT2D eigenvalue weighted by Gasteiger charge is 2.20. The van der Waals surface area contributed by atoms with Crippen LogP contribution in [0.5, 0.6) is 5.75 Å². The second kappa shape index (κ2) is 9.40. The lowest BCUT2D eigenvalue weighted by molar-refractivity contribution is -0.142. The minimum atomic E-state index is -0.505. The van der Waals surface area contributed by atoms with Crippen LogP contribution < -0.4 is 4.74 Å². The lowest BCUT2D eigenvalue weighted by Gasteiger charge is -2.19. The quantitative estimate of drug-likeness (QED) is 0.367. The minimum Gasteiger partial charge on any atom is -0.481 e. The average molecular weight is 448 g/mol. The Hall–Kier alpha value is -3.74. The molecular formula is C26H26FN3O3. The summed E-state index contributed by atoms with van der Waals surface area (Å²) < 4.78 is 26.9. The van der Waals surface area contributed by atoms with Crippen molar-refractivity contribution in [3.8, 4) is 11.4 Å². The van der Waals surface area contributed by atoms with Crippen molar-refractivity contribution < 1.29 is 18.7 Å². The molecule has 170 valence electrons. The van der Waals surface area contributed by atoms with E-state index in [0.29, 0.717) is 17.6 Å². The second-order valence-corrected chi connectivity index (χ2v) is 8.18. The van der Waals surface area contributed by atoms with Gasteiger partial charge in [-0.05, 0) is 66.3 Å². The van der Waals surface area contributed by atoms with Crippen LogP contribution in [0.2, 0.25) is 0 Å². The van der Waals surface area contributed by atoms with Crippen molar-refractivity contribution in [1.82, 2.24) is 14.8 Å². The molecule has 0 unspecified atom stereocenters. The molecule has 0 radical (unpaired) electrons. The van der Waals surface area contributed by atoms with E-state index in [2.05, 4.69) is 22.0 Å². The molecule has 4 rings (SSSR count). The molecule has 0 atom stereocenters. The van der Waals surface area contributed by atoms with Crippen LogP contribution in [0.25, 0.3) is 16.6 Å². The molecule has 0 saturated heterocycles. The van der Waals surface area contributed by atoms with Gasteiger partial charge >= 0.3 is 5.97 Å². The van der Waals surface area contributed by atoms with Crippen LogP contribution in [-0.2, 0) is 16.0 Å². The molecule has 0 spiro atoms. The summed E-state index contributed by atoms with van der Waals surface area (Å²) in [4.78, 5) is 16.3. The Morgan fingerprint density at radius 2 is 1.91 bits per heavy atom. The molecule has 0 amide bonds. The fourth-order valence-corrected chi connectivity index (χ4v) is 3.96. The fraction of sp³-hybridized carbons (Fsp3) is 0.269. The van der Waals surface area contributed by atoms with Crippen molar-refractivity contribution in [1.29, 1.82) is 0 Å². The number of carbonyl (C=O) groups is 1. The van der Waals surface area contributed by atoms with Crippen LogP contribution in [0.1, 0.15) is 42.1 Å². The largest absolute Gasteiger partial charge is 0.481 e. The SMILES string of the molecule is COC(=O)COc1ccc(F)c2nc(C(C)C)c(Cc3ccc(-n4cccn4)cc3)c(C)c12. The van der Waals surface area contributed by atoms with Crippen LogP contribution in [0.4, 0.5) is 4.39 Å². The predicted octanol–water partition coefficient (Wildman–Crippen LogP) is 5.13. The van der Waals surface area contributed by atoms with Gasteiger partial charge in [0.1, 0.15) is 17.1 Å². The van der Waals surface area contributed by atoms with E-state index in [1.807, 2.05) is 45.2 Å². The van der Waals surface area contributed by atoms with Crippen molar-refractivity contribution in [2.45, 2.75) is 33.1 Å². The molecule has 0 fully saturated rings. The number of rotatable bonds is 7. The third-order valence-corrected chi connectivity index (χ3v) is 5.67. The van der Waals surface area contributed by atoms with E-state index in [4.69, 9.17) is 9.72 Å². The molecule has 7 heteroatoms. The lowest BCUT2D eigenvalue weighted by atomic mass is 9.91. The topological polar surface area (TPSA) is 66.2 Å². The van der Waals surface area contributed by atoms with Gasteiger partial charge in [-0.3, -0.25) is 0 Å². The van der Waals surface area contributed by atoms with Crippen molar-refractivity contribution in [2.75, 3.05) is 13.7 Å². The third-order valence-electron chi connectivity index (χ3n) is 5.67. The number of aryl methyl sites for hydroxylation is 1. The molecule has 0 aliphatic heterocycles. The monoisotopic (exact) mass is 447 g/mol. The van der Waals surface area contributed by atoms with Gasteiger partial charge < -0.3 is 9.47 Å². The van der Waals surface area contributed by atoms with Crippen LogP contribution in [0.15, 0.2) is 54.9 Å². The number of carbonyl (C=O) groups excluding carboxylic acids is 1. The third kappa shape index (κ3) is 4.58. The molecular weight excluding hydrogens is 421 g/mol. The van der Waals surface area contributed by atoms with Gasteiger partial charge in [0.2, 0.25) is 0 Å². The van der Waals surface area contributed by atoms with Crippen LogP contribution in [-0.4, -0.2) is 34.5 Å². The molecule has 2 aromatic heterocycles. The maximum absolute atomic E-state index is 14.8. The number of hydrogen-bond donors (Lipinski definition) is 0. The standard InChI is InChI=1S/C26H26FN3O3/c1-16(2)25-20(14-18-6-8-19(9-7-18)30-13-5-12-28-30)17(3)24-22(33-15-23(31)32-4)11-10-21(27)26(24)29-25/h5-13,16H,14-15H2,1-4H3. The van der Waals surface area contributed by atoms with E-state index in [1.54, 1.807) is 10.9 Å². The Labute approximate surface area is 192 Å². The average Bonchev–Trinajstić information content (AvgIpc) is 3.35. The highest BCUT2D eigenvalue weighted by molar-refractivity contribution is 5.90. The maximum Gasteiger partial charge on any atom is 0.343 e. The first-order valence-electron chi connectivity index (χ1n) is 10.8. The van der Waals surface area contributed by atoms with Gasteiger partial charge in [0.25, 0.3) is 0 Å². The van der Waals surface area contributed by atoms with Gasteiger partial charge in [-0.1, -0.05) is 26.0 Å². The van der Waals surface area contributed by atoms with Gasteiger partial charge in [0.05, 0.1) is 12.8 Å². The Balaban J connectivity index is 1.78. The van der Waals surface area contributed by atoms with Gasteiger partial charge in [-0.2, -0.15) is 5.10 Å². The Kier molecular flexibility index (Phi) is 6.40. The van der Waals surface area contributed by atoms with Crippen molar-refractivity contribution >= 4 is 16.9 Å². The van der Waals surface area contributed by atoms with Crippen molar-refractivity contribution in [2.24, 2.45) is 0 Å². The van der Waals surface area contributed by atoms with E-state index in [-0.39, 0.29) is 18.0 Å². The molecule has 0 saturated carbocycles. The number of pyridine rings is 1. The van der Waals surface area contributed by atoms with Crippen molar-refractivity contribution in [3.05, 3.63) is 83.1 Å². The summed E-state index contributed by atoms with van der Waals surface area (Å²) in [6, 6.07) is 12.9. The number of halogens is 1. The molecule has 2 heterocycles. The first-order chi connectivity index (χ1) is 15.9. The number of ether oxygens (including phenoxy) is 2. The summed E-state index contributed by atoms with van der Waals surface area (Å²) in [7, 11) is 1.30. The molecule has 0 aliphatic rings. The van der Waals surface area contributed by atoms with Gasteiger partial charge in [0.15, 0.2) is 6.61 Å². The van der Waals surface area contributed by atoms with Gasteiger partial charge in [-0.15, -0.1) is 0 Å². The highest BCUT2D eigenvalue weighted by atomic mass is 19.1. The molecule has 0 aliphatic carbocycles. The van der Waals surface area contributed by atoms with E-state index in [0.717, 1.165) is 28.1 Å². The smallest absolute Gasteiger partial charge is 0.343 e. The first kappa shape index (κ1) is 22.5. The van der Waals surface area contributed by atoms with Crippen LogP contribution in [0, 0.1) is 12.7 Å². The summed E-state index contributed by atoms with van der Waals surface area (Å²) in [5, 5.41) is 4.84. The number of hydrogen-bond acceptors (Lipinski definition) is 5. The van der Waals surface area contributed by atoms with Crippen LogP contribution >= 0.6 is 0 Å². The molecule has 2 aromatic carbocycles. The number of nitrogens with zero attached hydrogens (tertiary/aromatic N) is 3. The summed E-state index contributed by atoms with van der Waals surface area (Å²) >= 11 is 0. The summed E-state index contributed by atoms with van der Waals surface area (Å²) in [6.45, 7) is 5.79. The molecule has 33 heavy (non-hydrogen) atoms.